The largest absolute Gasteiger partial charge is 0.379 e. The Morgan fingerprint density at radius 2 is 1.92 bits per heavy atom. The van der Waals surface area contributed by atoms with Gasteiger partial charge in [-0.05, 0) is 25.8 Å². The lowest BCUT2D eigenvalue weighted by Gasteiger charge is -2.31. The maximum Gasteiger partial charge on any atom is 0.104 e. The Kier molecular flexibility index (Phi) is 4.80. The van der Waals surface area contributed by atoms with Crippen molar-refractivity contribution in [2.24, 2.45) is 5.41 Å². The monoisotopic (exact) mass is 173 g/mol. The topological polar surface area (TPSA) is 23.5 Å². The molecule has 0 bridgehead atoms. The predicted octanol–water partition coefficient (Wildman–Crippen LogP) is 2.08. The molecule has 0 aliphatic rings. The Labute approximate surface area is 76.6 Å². The summed E-state index contributed by atoms with van der Waals surface area (Å²) in [5, 5.41) is 9.28. The molecular weight excluding hydrogens is 150 g/mol. The van der Waals surface area contributed by atoms with Gasteiger partial charge in [0.15, 0.2) is 0 Å². The van der Waals surface area contributed by atoms with Crippen molar-refractivity contribution in [3.8, 4) is 0 Å². The molecule has 1 N–H and O–H groups in total. The van der Waals surface area contributed by atoms with Gasteiger partial charge in [-0.2, -0.15) is 0 Å². The molecular formula is C10H23NO. The van der Waals surface area contributed by atoms with Crippen LogP contribution in [0.4, 0.5) is 0 Å². The van der Waals surface area contributed by atoms with E-state index in [9.17, 15) is 5.11 Å². The van der Waals surface area contributed by atoms with E-state index >= 15 is 0 Å². The van der Waals surface area contributed by atoms with Gasteiger partial charge in [-0.25, -0.2) is 0 Å². The van der Waals surface area contributed by atoms with Crippen LogP contribution in [0, 0.1) is 5.41 Å². The number of nitrogens with zero attached hydrogens (tertiary/aromatic N) is 1. The molecule has 0 spiro atoms. The standard InChI is InChI=1S/C10H23NO/c1-6-7-10(3,4)8-11(5)9(2)12/h9,12H,6-8H2,1-5H3. The Morgan fingerprint density at radius 1 is 1.42 bits per heavy atom. The lowest BCUT2D eigenvalue weighted by Crippen LogP contribution is -2.37. The third-order valence-electron chi connectivity index (χ3n) is 2.24. The van der Waals surface area contributed by atoms with Crippen LogP contribution in [-0.4, -0.2) is 29.8 Å². The highest BCUT2D eigenvalue weighted by molar-refractivity contribution is 4.71. The summed E-state index contributed by atoms with van der Waals surface area (Å²) in [6, 6.07) is 0. The second-order valence-corrected chi connectivity index (χ2v) is 4.46. The van der Waals surface area contributed by atoms with E-state index in [1.807, 2.05) is 18.9 Å². The van der Waals surface area contributed by atoms with Gasteiger partial charge in [0.25, 0.3) is 0 Å². The van der Waals surface area contributed by atoms with Gasteiger partial charge in [0, 0.05) is 6.54 Å². The quantitative estimate of drug-likeness (QED) is 0.643. The second-order valence-electron chi connectivity index (χ2n) is 4.46. The zero-order valence-corrected chi connectivity index (χ0v) is 9.09. The van der Waals surface area contributed by atoms with Crippen molar-refractivity contribution >= 4 is 0 Å². The summed E-state index contributed by atoms with van der Waals surface area (Å²) in [6.07, 6.45) is 2.09. The molecule has 0 aliphatic carbocycles. The molecule has 0 aromatic rings. The fourth-order valence-electron chi connectivity index (χ4n) is 1.56. The first kappa shape index (κ1) is 11.9. The highest BCUT2D eigenvalue weighted by atomic mass is 16.3. The molecule has 12 heavy (non-hydrogen) atoms. The van der Waals surface area contributed by atoms with Crippen LogP contribution in [0.1, 0.15) is 40.5 Å². The number of hydrogen-bond acceptors (Lipinski definition) is 2. The lowest BCUT2D eigenvalue weighted by atomic mass is 9.87. The molecule has 0 fully saturated rings. The van der Waals surface area contributed by atoms with E-state index in [-0.39, 0.29) is 6.23 Å². The van der Waals surface area contributed by atoms with E-state index in [1.165, 1.54) is 12.8 Å². The normalized spacial score (nSPS) is 15.2. The molecule has 2 nitrogen and oxygen atoms in total. The highest BCUT2D eigenvalue weighted by Gasteiger charge is 2.20. The Balaban J connectivity index is 3.87. The van der Waals surface area contributed by atoms with Crippen molar-refractivity contribution in [2.45, 2.75) is 46.8 Å². The summed E-state index contributed by atoms with van der Waals surface area (Å²) in [6.45, 7) is 9.45. The van der Waals surface area contributed by atoms with Crippen molar-refractivity contribution < 1.29 is 5.11 Å². The molecule has 0 saturated heterocycles. The van der Waals surface area contributed by atoms with Gasteiger partial charge in [0.05, 0.1) is 0 Å². The van der Waals surface area contributed by atoms with E-state index in [2.05, 4.69) is 20.8 Å². The number of aliphatic hydroxyl groups excluding tert-OH is 1. The molecule has 0 aromatic heterocycles. The van der Waals surface area contributed by atoms with Crippen LogP contribution in [0.25, 0.3) is 0 Å². The van der Waals surface area contributed by atoms with E-state index in [4.69, 9.17) is 0 Å². The average Bonchev–Trinajstić information content (AvgIpc) is 1.85. The van der Waals surface area contributed by atoms with Crippen LogP contribution < -0.4 is 0 Å². The zero-order chi connectivity index (χ0) is 9.78. The van der Waals surface area contributed by atoms with Crippen molar-refractivity contribution in [1.29, 1.82) is 0 Å². The van der Waals surface area contributed by atoms with E-state index in [1.54, 1.807) is 0 Å². The minimum atomic E-state index is -0.332. The highest BCUT2D eigenvalue weighted by Crippen LogP contribution is 2.23. The summed E-state index contributed by atoms with van der Waals surface area (Å²) >= 11 is 0. The van der Waals surface area contributed by atoms with Gasteiger partial charge in [-0.1, -0.05) is 27.2 Å². The summed E-state index contributed by atoms with van der Waals surface area (Å²) < 4.78 is 0. The first-order chi connectivity index (χ1) is 5.39. The van der Waals surface area contributed by atoms with Crippen LogP contribution in [0.3, 0.4) is 0 Å². The molecule has 0 heterocycles. The molecule has 0 aromatic carbocycles. The van der Waals surface area contributed by atoms with Gasteiger partial charge in [0.2, 0.25) is 0 Å². The zero-order valence-electron chi connectivity index (χ0n) is 9.09. The smallest absolute Gasteiger partial charge is 0.104 e. The summed E-state index contributed by atoms with van der Waals surface area (Å²) in [7, 11) is 1.96. The fourth-order valence-corrected chi connectivity index (χ4v) is 1.56. The van der Waals surface area contributed by atoms with Crippen LogP contribution in [0.2, 0.25) is 0 Å². The first-order valence-corrected chi connectivity index (χ1v) is 4.77. The molecule has 0 aliphatic heterocycles. The molecule has 0 amide bonds. The van der Waals surface area contributed by atoms with Gasteiger partial charge in [0.1, 0.15) is 6.23 Å². The molecule has 1 unspecified atom stereocenters. The third-order valence-corrected chi connectivity index (χ3v) is 2.24. The maximum absolute atomic E-state index is 9.28. The van der Waals surface area contributed by atoms with Crippen LogP contribution >= 0.6 is 0 Å². The van der Waals surface area contributed by atoms with Crippen molar-refractivity contribution in [3.05, 3.63) is 0 Å². The molecule has 1 atom stereocenters. The van der Waals surface area contributed by atoms with Crippen molar-refractivity contribution in [1.82, 2.24) is 4.90 Å². The van der Waals surface area contributed by atoms with E-state index in [0.29, 0.717) is 5.41 Å². The van der Waals surface area contributed by atoms with Crippen molar-refractivity contribution in [3.63, 3.8) is 0 Å². The molecule has 0 saturated carbocycles. The van der Waals surface area contributed by atoms with Gasteiger partial charge >= 0.3 is 0 Å². The van der Waals surface area contributed by atoms with Crippen molar-refractivity contribution in [2.75, 3.05) is 13.6 Å². The van der Waals surface area contributed by atoms with Crippen LogP contribution in [0.15, 0.2) is 0 Å². The van der Waals surface area contributed by atoms with Crippen LogP contribution in [0.5, 0.6) is 0 Å². The summed E-state index contributed by atoms with van der Waals surface area (Å²) in [5.41, 5.74) is 0.320. The molecule has 74 valence electrons. The lowest BCUT2D eigenvalue weighted by molar-refractivity contribution is 0.0130. The molecule has 2 heteroatoms. The fraction of sp³-hybridized carbons (Fsp3) is 1.00. The first-order valence-electron chi connectivity index (χ1n) is 4.77. The summed E-state index contributed by atoms with van der Waals surface area (Å²) in [5.74, 6) is 0. The number of hydrogen-bond donors (Lipinski definition) is 1. The van der Waals surface area contributed by atoms with Gasteiger partial charge in [-0.3, -0.25) is 4.90 Å². The summed E-state index contributed by atoms with van der Waals surface area (Å²) in [4.78, 5) is 1.98. The minimum Gasteiger partial charge on any atom is -0.379 e. The van der Waals surface area contributed by atoms with E-state index in [0.717, 1.165) is 6.54 Å². The third kappa shape index (κ3) is 4.73. The predicted molar refractivity (Wildman–Crippen MR) is 53.0 cm³/mol. The minimum absolute atomic E-state index is 0.320. The Morgan fingerprint density at radius 3 is 2.25 bits per heavy atom. The SMILES string of the molecule is CCCC(C)(C)CN(C)C(C)O. The second kappa shape index (κ2) is 4.83. The van der Waals surface area contributed by atoms with E-state index < -0.39 is 0 Å². The van der Waals surface area contributed by atoms with Gasteiger partial charge < -0.3 is 5.11 Å². The maximum atomic E-state index is 9.28. The number of rotatable bonds is 5. The Bertz CT molecular complexity index is 121. The molecule has 0 rings (SSSR count). The van der Waals surface area contributed by atoms with Gasteiger partial charge in [-0.15, -0.1) is 0 Å². The number of aliphatic hydroxyl groups is 1. The average molecular weight is 173 g/mol. The molecule has 0 radical (unpaired) electrons. The Hall–Kier alpha value is -0.0800. The van der Waals surface area contributed by atoms with Crippen LogP contribution in [-0.2, 0) is 0 Å².